The number of carbonyl (C=O) groups is 1. The van der Waals surface area contributed by atoms with Crippen LogP contribution >= 0.6 is 11.8 Å². The number of carbonyl (C=O) groups excluding carboxylic acids is 1. The first-order valence-corrected chi connectivity index (χ1v) is 11.9. The van der Waals surface area contributed by atoms with E-state index in [1.54, 1.807) is 25.1 Å². The van der Waals surface area contributed by atoms with Crippen molar-refractivity contribution in [2.75, 3.05) is 12.4 Å². The van der Waals surface area contributed by atoms with E-state index in [2.05, 4.69) is 17.2 Å². The van der Waals surface area contributed by atoms with Crippen LogP contribution in [0.2, 0.25) is 0 Å². The second-order valence-corrected chi connectivity index (χ2v) is 8.54. The van der Waals surface area contributed by atoms with Crippen molar-refractivity contribution < 1.29 is 18.3 Å². The third-order valence-electron chi connectivity index (χ3n) is 4.99. The molecule has 0 aliphatic rings. The Labute approximate surface area is 192 Å². The van der Waals surface area contributed by atoms with E-state index in [4.69, 9.17) is 9.15 Å². The molecule has 3 rings (SSSR count). The van der Waals surface area contributed by atoms with Gasteiger partial charge in [-0.15, -0.1) is 11.8 Å². The van der Waals surface area contributed by atoms with Gasteiger partial charge >= 0.3 is 0 Å². The number of rotatable bonds is 11. The van der Waals surface area contributed by atoms with Gasteiger partial charge in [0.2, 0.25) is 11.8 Å². The number of oxazole rings is 1. The Hall–Kier alpha value is -2.80. The van der Waals surface area contributed by atoms with Crippen molar-refractivity contribution in [1.82, 2.24) is 10.3 Å². The quantitative estimate of drug-likeness (QED) is 0.354. The van der Waals surface area contributed by atoms with Crippen LogP contribution in [0.3, 0.4) is 0 Å². The molecule has 0 saturated heterocycles. The van der Waals surface area contributed by atoms with E-state index in [-0.39, 0.29) is 23.7 Å². The van der Waals surface area contributed by atoms with Gasteiger partial charge < -0.3 is 14.5 Å². The van der Waals surface area contributed by atoms with Crippen LogP contribution in [0.15, 0.2) is 52.9 Å². The summed E-state index contributed by atoms with van der Waals surface area (Å²) in [6.45, 7) is 6.60. The summed E-state index contributed by atoms with van der Waals surface area (Å²) in [5.74, 6) is 2.11. The van der Waals surface area contributed by atoms with Gasteiger partial charge in [-0.05, 0) is 50.1 Å². The highest BCUT2D eigenvalue weighted by molar-refractivity contribution is 7.99. The summed E-state index contributed by atoms with van der Waals surface area (Å²) in [5.41, 5.74) is 2.07. The Bertz CT molecular complexity index is 1020. The first-order valence-electron chi connectivity index (χ1n) is 10.8. The Morgan fingerprint density at radius 2 is 1.97 bits per heavy atom. The molecule has 3 aromatic rings. The lowest BCUT2D eigenvalue weighted by Gasteiger charge is -2.15. The van der Waals surface area contributed by atoms with E-state index in [1.165, 1.54) is 17.8 Å². The van der Waals surface area contributed by atoms with Gasteiger partial charge in [-0.3, -0.25) is 4.79 Å². The van der Waals surface area contributed by atoms with Crippen LogP contribution in [0.25, 0.3) is 11.5 Å². The number of aryl methyl sites for hydroxylation is 1. The number of nitrogens with one attached hydrogen (secondary N) is 1. The Morgan fingerprint density at radius 1 is 1.22 bits per heavy atom. The minimum atomic E-state index is -0.373. The molecule has 32 heavy (non-hydrogen) atoms. The largest absolute Gasteiger partial charge is 0.494 e. The highest BCUT2D eigenvalue weighted by atomic mass is 32.2. The van der Waals surface area contributed by atoms with Gasteiger partial charge in [0.25, 0.3) is 0 Å². The molecule has 7 heteroatoms. The molecule has 2 aromatic carbocycles. The van der Waals surface area contributed by atoms with Gasteiger partial charge in [-0.2, -0.15) is 0 Å². The van der Waals surface area contributed by atoms with Crippen LogP contribution < -0.4 is 10.1 Å². The Kier molecular flexibility index (Phi) is 8.73. The third kappa shape index (κ3) is 6.60. The summed E-state index contributed by atoms with van der Waals surface area (Å²) in [5, 5.41) is 3.01. The molecule has 1 amide bonds. The Morgan fingerprint density at radius 3 is 2.69 bits per heavy atom. The van der Waals surface area contributed by atoms with E-state index in [0.29, 0.717) is 35.1 Å². The van der Waals surface area contributed by atoms with Gasteiger partial charge in [0.15, 0.2) is 0 Å². The smallest absolute Gasteiger partial charge is 0.230 e. The maximum atomic E-state index is 14.0. The number of amides is 1. The summed E-state index contributed by atoms with van der Waals surface area (Å²) in [7, 11) is 0. The molecule has 5 nitrogen and oxygen atoms in total. The first-order chi connectivity index (χ1) is 15.5. The van der Waals surface area contributed by atoms with E-state index in [9.17, 15) is 9.18 Å². The summed E-state index contributed by atoms with van der Waals surface area (Å²) in [6, 6.07) is 14.1. The second kappa shape index (κ2) is 11.7. The number of hydrogen-bond acceptors (Lipinski definition) is 5. The molecular formula is C25H29FN2O3S. The van der Waals surface area contributed by atoms with Crippen LogP contribution in [-0.4, -0.2) is 23.3 Å². The van der Waals surface area contributed by atoms with E-state index < -0.39 is 0 Å². The van der Waals surface area contributed by atoms with Gasteiger partial charge in [-0.25, -0.2) is 9.37 Å². The predicted octanol–water partition coefficient (Wildman–Crippen LogP) is 6.08. The van der Waals surface area contributed by atoms with Crippen molar-refractivity contribution in [2.45, 2.75) is 45.4 Å². The van der Waals surface area contributed by atoms with Crippen LogP contribution in [0.1, 0.15) is 49.7 Å². The van der Waals surface area contributed by atoms with Crippen molar-refractivity contribution in [3.05, 3.63) is 71.4 Å². The lowest BCUT2D eigenvalue weighted by molar-refractivity contribution is -0.119. The zero-order chi connectivity index (χ0) is 22.9. The SMILES string of the molecule is CCCCOc1ccc(C(C)NC(=O)CSCc2nc(-c3ccccc3F)oc2C)cc1. The molecule has 0 spiro atoms. The molecule has 0 aliphatic heterocycles. The van der Waals surface area contributed by atoms with Crippen LogP contribution in [0.5, 0.6) is 5.75 Å². The fraction of sp³-hybridized carbons (Fsp3) is 0.360. The molecule has 1 N–H and O–H groups in total. The van der Waals surface area contributed by atoms with Gasteiger partial charge in [0, 0.05) is 5.75 Å². The average Bonchev–Trinajstić information content (AvgIpc) is 3.15. The number of benzene rings is 2. The molecule has 0 aliphatic carbocycles. The van der Waals surface area contributed by atoms with Crippen molar-refractivity contribution in [3.8, 4) is 17.2 Å². The van der Waals surface area contributed by atoms with Crippen LogP contribution in [0.4, 0.5) is 4.39 Å². The summed E-state index contributed by atoms with van der Waals surface area (Å²) in [4.78, 5) is 16.8. The molecule has 0 saturated carbocycles. The molecule has 0 bridgehead atoms. The zero-order valence-corrected chi connectivity index (χ0v) is 19.5. The monoisotopic (exact) mass is 456 g/mol. The molecule has 0 fully saturated rings. The molecule has 1 atom stereocenters. The summed E-state index contributed by atoms with van der Waals surface area (Å²) >= 11 is 1.44. The zero-order valence-electron chi connectivity index (χ0n) is 18.7. The van der Waals surface area contributed by atoms with E-state index >= 15 is 0 Å². The highest BCUT2D eigenvalue weighted by Gasteiger charge is 2.15. The van der Waals surface area contributed by atoms with Crippen molar-refractivity contribution >= 4 is 17.7 Å². The minimum absolute atomic E-state index is 0.0544. The van der Waals surface area contributed by atoms with Crippen LogP contribution in [0, 0.1) is 12.7 Å². The maximum Gasteiger partial charge on any atom is 0.230 e. The highest BCUT2D eigenvalue weighted by Crippen LogP contribution is 2.26. The maximum absolute atomic E-state index is 14.0. The number of halogens is 1. The average molecular weight is 457 g/mol. The number of ether oxygens (including phenoxy) is 1. The number of thioether (sulfide) groups is 1. The van der Waals surface area contributed by atoms with Gasteiger partial charge in [0.1, 0.15) is 17.3 Å². The molecule has 1 heterocycles. The predicted molar refractivity (Wildman–Crippen MR) is 126 cm³/mol. The molecule has 0 radical (unpaired) electrons. The van der Waals surface area contributed by atoms with E-state index in [0.717, 1.165) is 24.2 Å². The normalized spacial score (nSPS) is 11.9. The fourth-order valence-corrected chi connectivity index (χ4v) is 3.94. The van der Waals surface area contributed by atoms with Crippen LogP contribution in [-0.2, 0) is 10.5 Å². The van der Waals surface area contributed by atoms with Gasteiger partial charge in [0.05, 0.1) is 29.7 Å². The topological polar surface area (TPSA) is 64.4 Å². The summed E-state index contributed by atoms with van der Waals surface area (Å²) in [6.07, 6.45) is 2.13. The molecule has 1 unspecified atom stereocenters. The van der Waals surface area contributed by atoms with Gasteiger partial charge in [-0.1, -0.05) is 37.6 Å². The third-order valence-corrected chi connectivity index (χ3v) is 5.94. The first kappa shape index (κ1) is 23.9. The minimum Gasteiger partial charge on any atom is -0.494 e. The second-order valence-electron chi connectivity index (χ2n) is 7.55. The number of hydrogen-bond donors (Lipinski definition) is 1. The van der Waals surface area contributed by atoms with Crippen molar-refractivity contribution in [2.24, 2.45) is 0 Å². The lowest BCUT2D eigenvalue weighted by Crippen LogP contribution is -2.28. The van der Waals surface area contributed by atoms with Crippen molar-refractivity contribution in [1.29, 1.82) is 0 Å². The van der Waals surface area contributed by atoms with Crippen molar-refractivity contribution in [3.63, 3.8) is 0 Å². The standard InChI is InChI=1S/C25H29FN2O3S/c1-4-5-14-30-20-12-10-19(11-13-20)17(2)27-24(29)16-32-15-23-18(3)31-25(28-23)21-8-6-7-9-22(21)26/h6-13,17H,4-5,14-16H2,1-3H3,(H,27,29). The Balaban J connectivity index is 1.46. The molecule has 1 aromatic heterocycles. The molecular weight excluding hydrogens is 427 g/mol. The number of nitrogens with zero attached hydrogens (tertiary/aromatic N) is 1. The number of unbranched alkanes of at least 4 members (excludes halogenated alkanes) is 1. The summed E-state index contributed by atoms with van der Waals surface area (Å²) < 4.78 is 25.3. The van der Waals surface area contributed by atoms with E-state index in [1.807, 2.05) is 31.2 Å². The molecule has 170 valence electrons. The lowest BCUT2D eigenvalue weighted by atomic mass is 10.1. The number of aromatic nitrogens is 1. The fourth-order valence-electron chi connectivity index (χ4n) is 3.11.